The first-order chi connectivity index (χ1) is 20.0. The fraction of sp³-hybridized carbons (Fsp3) is 0.645. The Morgan fingerprint density at radius 3 is 2.45 bits per heavy atom. The standard InChI is InChI=1S/C29H38FN3OS.C2HF3O2/c1-19-32-26-24(30)12-14-29(27(26)35-19)18-31-17-23(29)28(34)33-15-13-22(20-8-4-2-5-9-20)16-25(33)21-10-6-3-7-11-21;3-2(4,5)1(6)7/h2,4-5,8-9,21-25,31H,3,6-7,10-18H2,1H3;(H,6,7)/t22-,23?,24?,25+,29-;/m1./s1. The van der Waals surface area contributed by atoms with E-state index >= 15 is 0 Å². The monoisotopic (exact) mass is 609 g/mol. The number of carbonyl (C=O) groups excluding carboxylic acids is 2. The number of amides is 1. The molecule has 1 amide bonds. The van der Waals surface area contributed by atoms with Crippen LogP contribution in [0, 0.1) is 18.8 Å². The number of piperidine rings is 1. The fourth-order valence-corrected chi connectivity index (χ4v) is 9.10. The maximum absolute atomic E-state index is 14.9. The van der Waals surface area contributed by atoms with Gasteiger partial charge in [-0.15, -0.1) is 11.3 Å². The van der Waals surface area contributed by atoms with Crippen LogP contribution in [0.1, 0.15) is 91.0 Å². The molecule has 2 aromatic rings. The lowest BCUT2D eigenvalue weighted by Gasteiger charge is -2.47. The number of aryl methyl sites for hydroxylation is 1. The highest BCUT2D eigenvalue weighted by molar-refractivity contribution is 7.11. The Hall–Kier alpha value is -2.53. The van der Waals surface area contributed by atoms with E-state index in [2.05, 4.69) is 45.5 Å². The highest BCUT2D eigenvalue weighted by Crippen LogP contribution is 2.51. The Labute approximate surface area is 247 Å². The molecule has 2 N–H and O–H groups in total. The van der Waals surface area contributed by atoms with Crippen molar-refractivity contribution in [1.29, 1.82) is 0 Å². The molecule has 230 valence electrons. The lowest BCUT2D eigenvalue weighted by Crippen LogP contribution is -2.82. The molecule has 0 bridgehead atoms. The van der Waals surface area contributed by atoms with Crippen molar-refractivity contribution in [2.75, 3.05) is 19.6 Å². The molecular formula is C31H39F4N3O3S. The van der Waals surface area contributed by atoms with Crippen LogP contribution in [-0.4, -0.2) is 53.6 Å². The van der Waals surface area contributed by atoms with Crippen molar-refractivity contribution >= 4 is 23.2 Å². The van der Waals surface area contributed by atoms with Gasteiger partial charge >= 0.3 is 6.18 Å². The van der Waals surface area contributed by atoms with E-state index in [1.807, 2.05) is 6.92 Å². The molecule has 6 rings (SSSR count). The van der Waals surface area contributed by atoms with Crippen LogP contribution in [-0.2, 0) is 15.0 Å². The first-order valence-corrected chi connectivity index (χ1v) is 15.9. The molecule has 0 radical (unpaired) electrons. The number of hydrogen-bond acceptors (Lipinski definition) is 5. The number of carbonyl (C=O) groups is 2. The lowest BCUT2D eigenvalue weighted by atomic mass is 9.67. The number of likely N-dealkylation sites (tertiary alicyclic amines) is 1. The molecule has 2 saturated heterocycles. The van der Waals surface area contributed by atoms with Crippen LogP contribution in [0.4, 0.5) is 17.6 Å². The number of thiazole rings is 1. The number of benzene rings is 1. The summed E-state index contributed by atoms with van der Waals surface area (Å²) >= 11 is 1.64. The average Bonchev–Trinajstić information content (AvgIpc) is 3.60. The van der Waals surface area contributed by atoms with Gasteiger partial charge in [0.2, 0.25) is 5.91 Å². The van der Waals surface area contributed by atoms with Crippen molar-refractivity contribution in [3.05, 3.63) is 51.5 Å². The summed E-state index contributed by atoms with van der Waals surface area (Å²) in [5.41, 5.74) is 1.82. The Morgan fingerprint density at radius 2 is 1.79 bits per heavy atom. The number of carboxylic acids is 1. The predicted octanol–water partition coefficient (Wildman–Crippen LogP) is 4.34. The van der Waals surface area contributed by atoms with E-state index < -0.39 is 18.3 Å². The van der Waals surface area contributed by atoms with Gasteiger partial charge in [-0.05, 0) is 62.8 Å². The third-order valence-electron chi connectivity index (χ3n) is 9.85. The van der Waals surface area contributed by atoms with E-state index in [0.29, 0.717) is 35.9 Å². The largest absolute Gasteiger partial charge is 0.542 e. The summed E-state index contributed by atoms with van der Waals surface area (Å²) in [6, 6.07) is 11.3. The topological polar surface area (TPSA) is 89.9 Å². The summed E-state index contributed by atoms with van der Waals surface area (Å²) in [5.74, 6) is -1.58. The van der Waals surface area contributed by atoms with Crippen LogP contribution >= 0.6 is 11.3 Å². The van der Waals surface area contributed by atoms with Gasteiger partial charge in [0.1, 0.15) is 18.1 Å². The number of hydrogen-bond donors (Lipinski definition) is 1. The normalized spacial score (nSPS) is 30.0. The van der Waals surface area contributed by atoms with E-state index in [1.54, 1.807) is 11.3 Å². The summed E-state index contributed by atoms with van der Waals surface area (Å²) in [6.07, 6.45) is 3.63. The number of halogens is 4. The minimum Gasteiger partial charge on any atom is -0.542 e. The van der Waals surface area contributed by atoms with Crippen molar-refractivity contribution in [3.63, 3.8) is 0 Å². The number of carboxylic acid groups (broad SMARTS) is 1. The molecule has 1 saturated carbocycles. The average molecular weight is 610 g/mol. The number of nitrogens with two attached hydrogens (primary N) is 1. The smallest absolute Gasteiger partial charge is 0.430 e. The second kappa shape index (κ2) is 12.6. The van der Waals surface area contributed by atoms with E-state index in [1.165, 1.54) is 37.7 Å². The number of alkyl halides is 4. The molecule has 5 atom stereocenters. The van der Waals surface area contributed by atoms with E-state index in [0.717, 1.165) is 48.8 Å². The zero-order valence-corrected chi connectivity index (χ0v) is 24.7. The van der Waals surface area contributed by atoms with Gasteiger partial charge in [-0.3, -0.25) is 4.79 Å². The molecule has 2 aliphatic carbocycles. The number of rotatable bonds is 3. The minimum atomic E-state index is -5.19. The van der Waals surface area contributed by atoms with Gasteiger partial charge in [0.05, 0.1) is 29.2 Å². The van der Waals surface area contributed by atoms with Crippen molar-refractivity contribution < 1.29 is 37.6 Å². The molecular weight excluding hydrogens is 570 g/mol. The van der Waals surface area contributed by atoms with Gasteiger partial charge < -0.3 is 20.1 Å². The lowest BCUT2D eigenvalue weighted by molar-refractivity contribution is -0.640. The van der Waals surface area contributed by atoms with Crippen LogP contribution in [0.5, 0.6) is 0 Å². The van der Waals surface area contributed by atoms with E-state index in [-0.39, 0.29) is 11.3 Å². The molecule has 42 heavy (non-hydrogen) atoms. The zero-order valence-electron chi connectivity index (χ0n) is 23.9. The second-order valence-corrected chi connectivity index (χ2v) is 13.5. The van der Waals surface area contributed by atoms with Gasteiger partial charge in [-0.25, -0.2) is 9.37 Å². The quantitative estimate of drug-likeness (QED) is 0.525. The summed E-state index contributed by atoms with van der Waals surface area (Å²) in [6.45, 7) is 4.54. The highest BCUT2D eigenvalue weighted by atomic mass is 32.1. The highest BCUT2D eigenvalue weighted by Gasteiger charge is 2.57. The number of fused-ring (bicyclic) bond motifs is 2. The molecule has 4 aliphatic rings. The minimum absolute atomic E-state index is 0.0621. The molecule has 1 aromatic heterocycles. The zero-order chi connectivity index (χ0) is 30.1. The second-order valence-electron chi connectivity index (χ2n) is 12.3. The van der Waals surface area contributed by atoms with Crippen LogP contribution < -0.4 is 10.4 Å². The Bertz CT molecular complexity index is 1250. The first kappa shape index (κ1) is 30.9. The maximum atomic E-state index is 14.9. The molecule has 11 heteroatoms. The summed E-state index contributed by atoms with van der Waals surface area (Å²) < 4.78 is 46.4. The molecule has 3 heterocycles. The van der Waals surface area contributed by atoms with Crippen LogP contribution in [0.15, 0.2) is 30.3 Å². The summed E-state index contributed by atoms with van der Waals surface area (Å²) in [4.78, 5) is 31.2. The van der Waals surface area contributed by atoms with Crippen LogP contribution in [0.2, 0.25) is 0 Å². The third kappa shape index (κ3) is 6.23. The molecule has 2 aliphatic heterocycles. The van der Waals surface area contributed by atoms with E-state index in [4.69, 9.17) is 9.90 Å². The Morgan fingerprint density at radius 1 is 1.10 bits per heavy atom. The molecule has 6 nitrogen and oxygen atoms in total. The fourth-order valence-electron chi connectivity index (χ4n) is 7.85. The number of nitrogens with zero attached hydrogens (tertiary/aromatic N) is 2. The number of aliphatic carboxylic acids is 1. The SMILES string of the molecule is Cc1nc2c(s1)[C@]1(CCC2F)C[NH2+]CC1C(=O)N1CC[C@@H](c2ccccc2)C[C@H]1C1CCCCC1.O=C([O-])C(F)(F)F. The van der Waals surface area contributed by atoms with Gasteiger partial charge in [0.15, 0.2) is 0 Å². The van der Waals surface area contributed by atoms with Gasteiger partial charge in [-0.2, -0.15) is 13.2 Å². The number of aromatic nitrogens is 1. The first-order valence-electron chi connectivity index (χ1n) is 15.1. The Balaban J connectivity index is 0.000000451. The molecule has 3 fully saturated rings. The van der Waals surface area contributed by atoms with Crippen molar-refractivity contribution in [2.24, 2.45) is 11.8 Å². The molecule has 1 aromatic carbocycles. The number of quaternary nitrogens is 1. The van der Waals surface area contributed by atoms with Crippen molar-refractivity contribution in [1.82, 2.24) is 9.88 Å². The van der Waals surface area contributed by atoms with Crippen molar-refractivity contribution in [2.45, 2.75) is 94.4 Å². The summed E-state index contributed by atoms with van der Waals surface area (Å²) in [7, 11) is 0. The molecule has 1 spiro atoms. The molecule has 2 unspecified atom stereocenters. The van der Waals surface area contributed by atoms with Gasteiger partial charge in [0, 0.05) is 17.5 Å². The predicted molar refractivity (Wildman–Crippen MR) is 148 cm³/mol. The van der Waals surface area contributed by atoms with Gasteiger partial charge in [-0.1, -0.05) is 49.6 Å². The Kier molecular flexibility index (Phi) is 9.27. The summed E-state index contributed by atoms with van der Waals surface area (Å²) in [5, 5.41) is 12.0. The van der Waals surface area contributed by atoms with Crippen molar-refractivity contribution in [3.8, 4) is 0 Å². The van der Waals surface area contributed by atoms with Crippen LogP contribution in [0.25, 0.3) is 0 Å². The third-order valence-corrected chi connectivity index (χ3v) is 11.1. The van der Waals surface area contributed by atoms with E-state index in [9.17, 15) is 22.4 Å². The maximum Gasteiger partial charge on any atom is 0.430 e. The van der Waals surface area contributed by atoms with Gasteiger partial charge in [0.25, 0.3) is 0 Å². The van der Waals surface area contributed by atoms with Crippen LogP contribution in [0.3, 0.4) is 0 Å².